The van der Waals surface area contributed by atoms with Crippen molar-refractivity contribution in [3.05, 3.63) is 51.1 Å². The molecule has 0 bridgehead atoms. The van der Waals surface area contributed by atoms with Gasteiger partial charge >= 0.3 is 0 Å². The highest BCUT2D eigenvalue weighted by Gasteiger charge is 1.97. The first-order chi connectivity index (χ1) is 8.74. The normalized spacial score (nSPS) is 11.5. The van der Waals surface area contributed by atoms with Crippen molar-refractivity contribution in [3.8, 4) is 0 Å². The number of anilines is 1. The summed E-state index contributed by atoms with van der Waals surface area (Å²) in [6.07, 6.45) is 0.910. The second-order valence-electron chi connectivity index (χ2n) is 3.71. The largest absolute Gasteiger partial charge is 0.370 e. The Morgan fingerprint density at radius 2 is 2.00 bits per heavy atom. The van der Waals surface area contributed by atoms with Crippen LogP contribution in [-0.4, -0.2) is 12.5 Å². The monoisotopic (exact) mass is 323 g/mol. The topological polar surface area (TPSA) is 50.4 Å². The molecular formula is C13H14BrN3S. The van der Waals surface area contributed by atoms with Crippen LogP contribution < -0.4 is 11.1 Å². The van der Waals surface area contributed by atoms with Crippen LogP contribution in [-0.2, 0) is 6.42 Å². The first kappa shape index (κ1) is 13.1. The van der Waals surface area contributed by atoms with Gasteiger partial charge in [0.2, 0.25) is 0 Å². The minimum atomic E-state index is 0.455. The number of nitrogens with one attached hydrogen (secondary N) is 1. The number of nitrogens with zero attached hydrogens (tertiary/aromatic N) is 1. The lowest BCUT2D eigenvalue weighted by Gasteiger charge is -2.04. The van der Waals surface area contributed by atoms with Gasteiger partial charge in [-0.1, -0.05) is 18.2 Å². The summed E-state index contributed by atoms with van der Waals surface area (Å²) in [6, 6.07) is 13.9. The number of guanidine groups is 1. The van der Waals surface area contributed by atoms with E-state index in [1.807, 2.05) is 30.3 Å². The summed E-state index contributed by atoms with van der Waals surface area (Å²) in [5.41, 5.74) is 6.76. The lowest BCUT2D eigenvalue weighted by atomic mass is 10.3. The maximum Gasteiger partial charge on any atom is 0.193 e. The average molecular weight is 324 g/mol. The molecule has 2 aromatic rings. The minimum absolute atomic E-state index is 0.455. The van der Waals surface area contributed by atoms with Crippen LogP contribution in [0.25, 0.3) is 0 Å². The lowest BCUT2D eigenvalue weighted by molar-refractivity contribution is 0.983. The number of hydrogen-bond donors (Lipinski definition) is 2. The van der Waals surface area contributed by atoms with E-state index in [9.17, 15) is 0 Å². The van der Waals surface area contributed by atoms with Crippen molar-refractivity contribution in [2.45, 2.75) is 6.42 Å². The van der Waals surface area contributed by atoms with E-state index in [0.717, 1.165) is 15.9 Å². The number of halogens is 1. The molecule has 0 atom stereocenters. The van der Waals surface area contributed by atoms with E-state index < -0.39 is 0 Å². The molecule has 18 heavy (non-hydrogen) atoms. The first-order valence-electron chi connectivity index (χ1n) is 5.60. The zero-order valence-electron chi connectivity index (χ0n) is 9.77. The van der Waals surface area contributed by atoms with E-state index in [1.165, 1.54) is 4.88 Å². The van der Waals surface area contributed by atoms with Gasteiger partial charge in [0.25, 0.3) is 0 Å². The predicted octanol–water partition coefficient (Wildman–Crippen LogP) is 3.48. The van der Waals surface area contributed by atoms with Gasteiger partial charge in [-0.3, -0.25) is 4.99 Å². The van der Waals surface area contributed by atoms with Crippen LogP contribution in [0.1, 0.15) is 4.88 Å². The van der Waals surface area contributed by atoms with Crippen LogP contribution in [0, 0.1) is 0 Å². The Morgan fingerprint density at radius 3 is 2.67 bits per heavy atom. The van der Waals surface area contributed by atoms with E-state index in [1.54, 1.807) is 11.3 Å². The van der Waals surface area contributed by atoms with Crippen LogP contribution in [0.5, 0.6) is 0 Å². The van der Waals surface area contributed by atoms with Gasteiger partial charge in [-0.2, -0.15) is 0 Å². The Kier molecular flexibility index (Phi) is 4.78. The minimum Gasteiger partial charge on any atom is -0.370 e. The molecule has 0 spiro atoms. The molecule has 0 saturated carbocycles. The molecule has 2 rings (SSSR count). The van der Waals surface area contributed by atoms with Gasteiger partial charge < -0.3 is 11.1 Å². The third-order valence-electron chi connectivity index (χ3n) is 2.32. The van der Waals surface area contributed by atoms with Gasteiger partial charge in [-0.05, 0) is 40.2 Å². The molecule has 0 fully saturated rings. The number of thiophene rings is 1. The van der Waals surface area contributed by atoms with Crippen LogP contribution in [0.15, 0.2) is 51.2 Å². The third-order valence-corrected chi connectivity index (χ3v) is 4.00. The van der Waals surface area contributed by atoms with E-state index in [4.69, 9.17) is 5.73 Å². The maximum absolute atomic E-state index is 5.81. The molecule has 5 heteroatoms. The zero-order valence-corrected chi connectivity index (χ0v) is 12.2. The number of hydrogen-bond acceptors (Lipinski definition) is 2. The first-order valence-corrected chi connectivity index (χ1v) is 7.21. The SMILES string of the molecule is NC(=NCCc1ccc(Br)s1)Nc1ccccc1. The standard InChI is InChI=1S/C13H14BrN3S/c14-12-7-6-11(18-12)8-9-16-13(15)17-10-4-2-1-3-5-10/h1-7H,8-9H2,(H3,15,16,17). The molecule has 1 heterocycles. The highest BCUT2D eigenvalue weighted by atomic mass is 79.9. The number of rotatable bonds is 4. The molecule has 3 N–H and O–H groups in total. The molecule has 0 saturated heterocycles. The summed E-state index contributed by atoms with van der Waals surface area (Å²) in [5.74, 6) is 0.455. The lowest BCUT2D eigenvalue weighted by Crippen LogP contribution is -2.22. The second-order valence-corrected chi connectivity index (χ2v) is 6.26. The number of nitrogens with two attached hydrogens (primary N) is 1. The van der Waals surface area contributed by atoms with Crippen molar-refractivity contribution in [2.24, 2.45) is 10.7 Å². The molecule has 1 aromatic carbocycles. The Balaban J connectivity index is 1.82. The average Bonchev–Trinajstić information content (AvgIpc) is 2.76. The molecule has 0 radical (unpaired) electrons. The summed E-state index contributed by atoms with van der Waals surface area (Å²) in [4.78, 5) is 5.60. The Bertz CT molecular complexity index is 522. The van der Waals surface area contributed by atoms with Crippen molar-refractivity contribution in [3.63, 3.8) is 0 Å². The number of para-hydroxylation sites is 1. The Morgan fingerprint density at radius 1 is 1.22 bits per heavy atom. The number of aliphatic imine (C=N–C) groups is 1. The molecule has 94 valence electrons. The summed E-state index contributed by atoms with van der Waals surface area (Å²) < 4.78 is 1.15. The molecule has 1 aromatic heterocycles. The Hall–Kier alpha value is -1.33. The van der Waals surface area contributed by atoms with Crippen molar-refractivity contribution in [2.75, 3.05) is 11.9 Å². The van der Waals surface area contributed by atoms with Crippen LogP contribution in [0.2, 0.25) is 0 Å². The van der Waals surface area contributed by atoms with E-state index in [2.05, 4.69) is 38.4 Å². The molecule has 0 aliphatic heterocycles. The highest BCUT2D eigenvalue weighted by molar-refractivity contribution is 9.11. The molecule has 0 aliphatic carbocycles. The van der Waals surface area contributed by atoms with Crippen molar-refractivity contribution >= 4 is 38.9 Å². The van der Waals surface area contributed by atoms with Crippen molar-refractivity contribution < 1.29 is 0 Å². The van der Waals surface area contributed by atoms with E-state index in [0.29, 0.717) is 12.5 Å². The summed E-state index contributed by atoms with van der Waals surface area (Å²) in [7, 11) is 0. The van der Waals surface area contributed by atoms with Crippen molar-refractivity contribution in [1.82, 2.24) is 0 Å². The Labute approximate surface area is 119 Å². The quantitative estimate of drug-likeness (QED) is 0.668. The van der Waals surface area contributed by atoms with Gasteiger partial charge in [0, 0.05) is 23.5 Å². The molecule has 0 amide bonds. The third kappa shape index (κ3) is 4.16. The van der Waals surface area contributed by atoms with Crippen LogP contribution >= 0.6 is 27.3 Å². The molecule has 0 unspecified atom stereocenters. The zero-order chi connectivity index (χ0) is 12.8. The van der Waals surface area contributed by atoms with Gasteiger partial charge in [0.1, 0.15) is 0 Å². The second kappa shape index (κ2) is 6.56. The molecule has 3 nitrogen and oxygen atoms in total. The predicted molar refractivity (Wildman–Crippen MR) is 82.3 cm³/mol. The summed E-state index contributed by atoms with van der Waals surface area (Å²) >= 11 is 5.17. The van der Waals surface area contributed by atoms with Gasteiger partial charge in [-0.15, -0.1) is 11.3 Å². The van der Waals surface area contributed by atoms with Gasteiger partial charge in [0.15, 0.2) is 5.96 Å². The van der Waals surface area contributed by atoms with Gasteiger partial charge in [-0.25, -0.2) is 0 Å². The molecule has 0 aliphatic rings. The highest BCUT2D eigenvalue weighted by Crippen LogP contribution is 2.22. The van der Waals surface area contributed by atoms with E-state index in [-0.39, 0.29) is 0 Å². The van der Waals surface area contributed by atoms with Crippen LogP contribution in [0.4, 0.5) is 5.69 Å². The van der Waals surface area contributed by atoms with Crippen molar-refractivity contribution in [1.29, 1.82) is 0 Å². The molecular weight excluding hydrogens is 310 g/mol. The number of benzene rings is 1. The fourth-order valence-corrected chi connectivity index (χ4v) is 2.95. The summed E-state index contributed by atoms with van der Waals surface area (Å²) in [5, 5.41) is 3.06. The fraction of sp³-hybridized carbons (Fsp3) is 0.154. The van der Waals surface area contributed by atoms with Crippen LogP contribution in [0.3, 0.4) is 0 Å². The maximum atomic E-state index is 5.81. The smallest absolute Gasteiger partial charge is 0.193 e. The summed E-state index contributed by atoms with van der Waals surface area (Å²) in [6.45, 7) is 0.693. The van der Waals surface area contributed by atoms with E-state index >= 15 is 0 Å². The van der Waals surface area contributed by atoms with Gasteiger partial charge in [0.05, 0.1) is 3.79 Å². The fourth-order valence-electron chi connectivity index (χ4n) is 1.48.